The molecule has 0 bridgehead atoms. The summed E-state index contributed by atoms with van der Waals surface area (Å²) in [4.78, 5) is 16.2. The number of rotatable bonds is 4. The highest BCUT2D eigenvalue weighted by molar-refractivity contribution is 5.83. The molecule has 0 aliphatic rings. The Morgan fingerprint density at radius 1 is 1.35 bits per heavy atom. The van der Waals surface area contributed by atoms with Crippen LogP contribution in [0.3, 0.4) is 0 Å². The van der Waals surface area contributed by atoms with Gasteiger partial charge in [0.15, 0.2) is 0 Å². The molecule has 0 aromatic carbocycles. The smallest absolute Gasteiger partial charge is 0.227 e. The van der Waals surface area contributed by atoms with Crippen molar-refractivity contribution >= 4 is 5.91 Å². The van der Waals surface area contributed by atoms with Gasteiger partial charge in [0, 0.05) is 11.7 Å². The first-order valence-corrected chi connectivity index (χ1v) is 5.72. The summed E-state index contributed by atoms with van der Waals surface area (Å²) in [6.45, 7) is 7.83. The molecule has 3 N–H and O–H groups in total. The van der Waals surface area contributed by atoms with Crippen LogP contribution in [0.25, 0.3) is 0 Å². The minimum atomic E-state index is -0.623. The molecule has 0 aliphatic heterocycles. The third kappa shape index (κ3) is 3.27. The molecule has 0 radical (unpaired) electrons. The molecule has 1 heterocycles. The van der Waals surface area contributed by atoms with Crippen LogP contribution < -0.4 is 11.1 Å². The number of carbonyl (C=O) groups is 1. The van der Waals surface area contributed by atoms with Gasteiger partial charge in [0.05, 0.1) is 17.7 Å². The molecule has 1 aromatic heterocycles. The summed E-state index contributed by atoms with van der Waals surface area (Å²) >= 11 is 0. The van der Waals surface area contributed by atoms with E-state index < -0.39 is 11.0 Å². The second-order valence-corrected chi connectivity index (χ2v) is 5.35. The van der Waals surface area contributed by atoms with Crippen LogP contribution in [-0.2, 0) is 11.3 Å². The Hall–Kier alpha value is -1.42. The van der Waals surface area contributed by atoms with E-state index in [9.17, 15) is 4.79 Å². The first-order valence-electron chi connectivity index (χ1n) is 5.72. The minimum Gasteiger partial charge on any atom is -0.350 e. The summed E-state index contributed by atoms with van der Waals surface area (Å²) in [5.74, 6) is -0.0596. The molecule has 1 rings (SSSR count). The first-order chi connectivity index (χ1) is 7.75. The molecule has 0 fully saturated rings. The maximum atomic E-state index is 12.1. The third-order valence-corrected chi connectivity index (χ3v) is 3.33. The Labute approximate surface area is 103 Å². The molecule has 0 spiro atoms. The summed E-state index contributed by atoms with van der Waals surface area (Å²) in [5.41, 5.74) is 5.65. The molecule has 0 aliphatic carbocycles. The molecule has 17 heavy (non-hydrogen) atoms. The van der Waals surface area contributed by atoms with Gasteiger partial charge in [-0.15, -0.1) is 0 Å². The zero-order chi connectivity index (χ0) is 13.1. The molecular weight excluding hydrogens is 214 g/mol. The van der Waals surface area contributed by atoms with E-state index >= 15 is 0 Å². The van der Waals surface area contributed by atoms with Crippen molar-refractivity contribution in [3.8, 4) is 0 Å². The van der Waals surface area contributed by atoms with Gasteiger partial charge in [-0.05, 0) is 39.8 Å². The van der Waals surface area contributed by atoms with Gasteiger partial charge in [-0.1, -0.05) is 6.07 Å². The van der Waals surface area contributed by atoms with Crippen LogP contribution in [0.1, 0.15) is 33.4 Å². The number of aromatic nitrogens is 1. The van der Waals surface area contributed by atoms with Crippen LogP contribution in [-0.4, -0.2) is 16.4 Å². The molecule has 94 valence electrons. The number of pyridine rings is 1. The SMILES string of the molecule is CC(C)(N)C(C)(C)C(=O)NCc1ccccn1. The van der Waals surface area contributed by atoms with E-state index in [-0.39, 0.29) is 5.91 Å². The fourth-order valence-electron chi connectivity index (χ4n) is 1.19. The number of nitrogens with two attached hydrogens (primary N) is 1. The van der Waals surface area contributed by atoms with E-state index in [4.69, 9.17) is 5.73 Å². The van der Waals surface area contributed by atoms with Gasteiger partial charge >= 0.3 is 0 Å². The molecule has 4 nitrogen and oxygen atoms in total. The standard InChI is InChI=1S/C13H21N3O/c1-12(2,13(3,4)14)11(17)16-9-10-7-5-6-8-15-10/h5-8H,9,14H2,1-4H3,(H,16,17). The first kappa shape index (κ1) is 13.6. The Morgan fingerprint density at radius 2 is 2.00 bits per heavy atom. The molecule has 4 heteroatoms. The van der Waals surface area contributed by atoms with Crippen molar-refractivity contribution in [2.75, 3.05) is 0 Å². The van der Waals surface area contributed by atoms with Gasteiger partial charge < -0.3 is 11.1 Å². The highest BCUT2D eigenvalue weighted by atomic mass is 16.2. The topological polar surface area (TPSA) is 68.0 Å². The number of hydrogen-bond acceptors (Lipinski definition) is 3. The van der Waals surface area contributed by atoms with E-state index in [1.807, 2.05) is 45.9 Å². The lowest BCUT2D eigenvalue weighted by molar-refractivity contribution is -0.132. The van der Waals surface area contributed by atoms with Crippen LogP contribution >= 0.6 is 0 Å². The van der Waals surface area contributed by atoms with E-state index in [0.29, 0.717) is 6.54 Å². The highest BCUT2D eigenvalue weighted by Crippen LogP contribution is 2.28. The summed E-state index contributed by atoms with van der Waals surface area (Å²) in [6.07, 6.45) is 1.71. The van der Waals surface area contributed by atoms with Crippen molar-refractivity contribution < 1.29 is 4.79 Å². The summed E-state index contributed by atoms with van der Waals surface area (Å²) in [7, 11) is 0. The Morgan fingerprint density at radius 3 is 2.47 bits per heavy atom. The number of nitrogens with zero attached hydrogens (tertiary/aromatic N) is 1. The second kappa shape index (κ2) is 4.84. The van der Waals surface area contributed by atoms with Gasteiger partial charge in [0.25, 0.3) is 0 Å². The monoisotopic (exact) mass is 235 g/mol. The maximum absolute atomic E-state index is 12.1. The Bertz CT molecular complexity index is 379. The van der Waals surface area contributed by atoms with E-state index in [1.165, 1.54) is 0 Å². The predicted octanol–water partition coefficient (Wildman–Crippen LogP) is 1.46. The van der Waals surface area contributed by atoms with Gasteiger partial charge in [-0.3, -0.25) is 9.78 Å². The number of hydrogen-bond donors (Lipinski definition) is 2. The molecular formula is C13H21N3O. The number of nitrogens with one attached hydrogen (secondary N) is 1. The Kier molecular flexibility index (Phi) is 3.88. The molecule has 0 unspecified atom stereocenters. The average Bonchev–Trinajstić information content (AvgIpc) is 2.25. The normalized spacial score (nSPS) is 12.3. The molecule has 0 saturated carbocycles. The van der Waals surface area contributed by atoms with Crippen molar-refractivity contribution in [1.29, 1.82) is 0 Å². The Balaban J connectivity index is 2.62. The van der Waals surface area contributed by atoms with Crippen LogP contribution in [0.2, 0.25) is 0 Å². The lowest BCUT2D eigenvalue weighted by atomic mass is 9.74. The second-order valence-electron chi connectivity index (χ2n) is 5.35. The van der Waals surface area contributed by atoms with Crippen molar-refractivity contribution in [2.24, 2.45) is 11.1 Å². The van der Waals surface area contributed by atoms with Crippen molar-refractivity contribution in [2.45, 2.75) is 39.8 Å². The van der Waals surface area contributed by atoms with Crippen molar-refractivity contribution in [3.05, 3.63) is 30.1 Å². The van der Waals surface area contributed by atoms with E-state index in [2.05, 4.69) is 10.3 Å². The fourth-order valence-corrected chi connectivity index (χ4v) is 1.19. The number of amides is 1. The molecule has 0 atom stereocenters. The largest absolute Gasteiger partial charge is 0.350 e. The third-order valence-electron chi connectivity index (χ3n) is 3.33. The molecule has 1 aromatic rings. The lowest BCUT2D eigenvalue weighted by Gasteiger charge is -2.36. The summed E-state index contributed by atoms with van der Waals surface area (Å²) in [5, 5.41) is 2.86. The van der Waals surface area contributed by atoms with Crippen LogP contribution in [0.5, 0.6) is 0 Å². The minimum absolute atomic E-state index is 0.0596. The average molecular weight is 235 g/mol. The molecule has 0 saturated heterocycles. The van der Waals surface area contributed by atoms with Crippen LogP contribution in [0.15, 0.2) is 24.4 Å². The maximum Gasteiger partial charge on any atom is 0.227 e. The van der Waals surface area contributed by atoms with Gasteiger partial charge in [-0.2, -0.15) is 0 Å². The van der Waals surface area contributed by atoms with E-state index in [1.54, 1.807) is 6.20 Å². The highest BCUT2D eigenvalue weighted by Gasteiger charge is 2.40. The van der Waals surface area contributed by atoms with Crippen LogP contribution in [0.4, 0.5) is 0 Å². The fraction of sp³-hybridized carbons (Fsp3) is 0.538. The summed E-state index contributed by atoms with van der Waals surface area (Å²) < 4.78 is 0. The summed E-state index contributed by atoms with van der Waals surface area (Å²) in [6, 6.07) is 5.62. The van der Waals surface area contributed by atoms with Crippen molar-refractivity contribution in [1.82, 2.24) is 10.3 Å². The van der Waals surface area contributed by atoms with Crippen LogP contribution in [0, 0.1) is 5.41 Å². The van der Waals surface area contributed by atoms with Gasteiger partial charge in [0.1, 0.15) is 0 Å². The zero-order valence-electron chi connectivity index (χ0n) is 10.9. The zero-order valence-corrected chi connectivity index (χ0v) is 10.9. The quantitative estimate of drug-likeness (QED) is 0.830. The van der Waals surface area contributed by atoms with Gasteiger partial charge in [0.2, 0.25) is 5.91 Å². The molecule has 1 amide bonds. The lowest BCUT2D eigenvalue weighted by Crippen LogP contribution is -2.55. The number of carbonyl (C=O) groups excluding carboxylic acids is 1. The van der Waals surface area contributed by atoms with E-state index in [0.717, 1.165) is 5.69 Å². The van der Waals surface area contributed by atoms with Crippen molar-refractivity contribution in [3.63, 3.8) is 0 Å². The van der Waals surface area contributed by atoms with Gasteiger partial charge in [-0.25, -0.2) is 0 Å². The predicted molar refractivity (Wildman–Crippen MR) is 68.1 cm³/mol.